The van der Waals surface area contributed by atoms with Gasteiger partial charge in [-0.05, 0) is 49.2 Å². The summed E-state index contributed by atoms with van der Waals surface area (Å²) in [6.07, 6.45) is -3.47. The van der Waals surface area contributed by atoms with Crippen LogP contribution >= 0.6 is 0 Å². The SMILES string of the molecule is O=C(c1ccc(Oc2ccccc2)cc1)N1CCCC(c2nnc(C(F)(F)F)o2)C1. The van der Waals surface area contributed by atoms with E-state index < -0.39 is 18.0 Å². The second-order valence-corrected chi connectivity index (χ2v) is 6.97. The van der Waals surface area contributed by atoms with E-state index >= 15 is 0 Å². The fraction of sp³-hybridized carbons (Fsp3) is 0.286. The van der Waals surface area contributed by atoms with Gasteiger partial charge in [0.25, 0.3) is 5.91 Å². The lowest BCUT2D eigenvalue weighted by Gasteiger charge is -2.31. The third-order valence-electron chi connectivity index (χ3n) is 4.82. The van der Waals surface area contributed by atoms with Crippen LogP contribution in [0.25, 0.3) is 0 Å². The number of nitrogens with zero attached hydrogens (tertiary/aromatic N) is 3. The maximum atomic E-state index is 12.8. The number of amides is 1. The van der Waals surface area contributed by atoms with Crippen molar-refractivity contribution in [2.75, 3.05) is 13.1 Å². The molecule has 1 aromatic heterocycles. The smallest absolute Gasteiger partial charge is 0.457 e. The summed E-state index contributed by atoms with van der Waals surface area (Å²) in [4.78, 5) is 14.4. The zero-order valence-electron chi connectivity index (χ0n) is 15.8. The van der Waals surface area contributed by atoms with Crippen molar-refractivity contribution in [1.82, 2.24) is 15.1 Å². The van der Waals surface area contributed by atoms with Crippen molar-refractivity contribution in [2.45, 2.75) is 24.9 Å². The van der Waals surface area contributed by atoms with Gasteiger partial charge in [-0.2, -0.15) is 13.2 Å². The van der Waals surface area contributed by atoms with E-state index in [1.54, 1.807) is 29.2 Å². The quantitative estimate of drug-likeness (QED) is 0.604. The molecule has 1 fully saturated rings. The number of rotatable bonds is 4. The number of hydrogen-bond donors (Lipinski definition) is 0. The summed E-state index contributed by atoms with van der Waals surface area (Å²) in [6.45, 7) is 0.735. The molecule has 1 aliphatic rings. The summed E-state index contributed by atoms with van der Waals surface area (Å²) in [5.74, 6) is -0.803. The first-order valence-electron chi connectivity index (χ1n) is 9.43. The average Bonchev–Trinajstić information content (AvgIpc) is 3.26. The van der Waals surface area contributed by atoms with Crippen molar-refractivity contribution in [1.29, 1.82) is 0 Å². The van der Waals surface area contributed by atoms with E-state index in [0.29, 0.717) is 36.4 Å². The fourth-order valence-corrected chi connectivity index (χ4v) is 3.35. The Morgan fingerprint density at radius 2 is 1.73 bits per heavy atom. The molecular weight excluding hydrogens is 399 g/mol. The highest BCUT2D eigenvalue weighted by atomic mass is 19.4. The van der Waals surface area contributed by atoms with E-state index in [2.05, 4.69) is 10.2 Å². The molecule has 1 saturated heterocycles. The third kappa shape index (κ3) is 4.45. The average molecular weight is 417 g/mol. The Bertz CT molecular complexity index is 1000. The van der Waals surface area contributed by atoms with Crippen molar-refractivity contribution in [3.8, 4) is 11.5 Å². The Labute approximate surface area is 170 Å². The highest BCUT2D eigenvalue weighted by Crippen LogP contribution is 2.32. The van der Waals surface area contributed by atoms with Gasteiger partial charge >= 0.3 is 12.1 Å². The predicted octanol–water partition coefficient (Wildman–Crippen LogP) is 4.90. The molecule has 3 aromatic rings. The van der Waals surface area contributed by atoms with Gasteiger partial charge in [-0.1, -0.05) is 18.2 Å². The molecular formula is C21H18F3N3O3. The number of benzene rings is 2. The number of hydrogen-bond acceptors (Lipinski definition) is 5. The number of ether oxygens (including phenoxy) is 1. The number of alkyl halides is 3. The molecule has 156 valence electrons. The van der Waals surface area contributed by atoms with Crippen LogP contribution in [0.3, 0.4) is 0 Å². The Morgan fingerprint density at radius 1 is 1.03 bits per heavy atom. The molecule has 9 heteroatoms. The molecule has 4 rings (SSSR count). The third-order valence-corrected chi connectivity index (χ3v) is 4.82. The van der Waals surface area contributed by atoms with Crippen LogP contribution in [-0.4, -0.2) is 34.1 Å². The number of carbonyl (C=O) groups excluding carboxylic acids is 1. The van der Waals surface area contributed by atoms with Crippen LogP contribution in [0.15, 0.2) is 59.0 Å². The zero-order valence-corrected chi connectivity index (χ0v) is 15.8. The second-order valence-electron chi connectivity index (χ2n) is 6.97. The monoisotopic (exact) mass is 417 g/mol. The lowest BCUT2D eigenvalue weighted by Crippen LogP contribution is -2.39. The first-order chi connectivity index (χ1) is 14.4. The number of aromatic nitrogens is 2. The summed E-state index contributed by atoms with van der Waals surface area (Å²) in [5, 5.41) is 6.61. The molecule has 0 radical (unpaired) electrons. The van der Waals surface area contributed by atoms with Crippen molar-refractivity contribution in [3.05, 3.63) is 71.9 Å². The summed E-state index contributed by atoms with van der Waals surface area (Å²) >= 11 is 0. The fourth-order valence-electron chi connectivity index (χ4n) is 3.35. The second kappa shape index (κ2) is 8.17. The number of halogens is 3. The van der Waals surface area contributed by atoms with Crippen molar-refractivity contribution in [2.24, 2.45) is 0 Å². The molecule has 1 atom stereocenters. The molecule has 2 aromatic carbocycles. The molecule has 0 saturated carbocycles. The van der Waals surface area contributed by atoms with Crippen LogP contribution in [0.1, 0.15) is 40.9 Å². The Kier molecular flexibility index (Phi) is 5.43. The maximum absolute atomic E-state index is 12.8. The van der Waals surface area contributed by atoms with Crippen LogP contribution < -0.4 is 4.74 Å². The minimum Gasteiger partial charge on any atom is -0.457 e. The highest BCUT2D eigenvalue weighted by molar-refractivity contribution is 5.94. The molecule has 0 bridgehead atoms. The lowest BCUT2D eigenvalue weighted by molar-refractivity contribution is -0.157. The van der Waals surface area contributed by atoms with Crippen molar-refractivity contribution >= 4 is 5.91 Å². The van der Waals surface area contributed by atoms with E-state index in [4.69, 9.17) is 9.15 Å². The molecule has 0 N–H and O–H groups in total. The zero-order chi connectivity index (χ0) is 21.1. The van der Waals surface area contributed by atoms with Gasteiger partial charge in [-0.25, -0.2) is 0 Å². The number of carbonyl (C=O) groups is 1. The van der Waals surface area contributed by atoms with Crippen LogP contribution in [-0.2, 0) is 6.18 Å². The van der Waals surface area contributed by atoms with E-state index in [0.717, 1.165) is 0 Å². The molecule has 30 heavy (non-hydrogen) atoms. The van der Waals surface area contributed by atoms with Gasteiger partial charge < -0.3 is 14.1 Å². The maximum Gasteiger partial charge on any atom is 0.470 e. The Balaban J connectivity index is 1.42. The minimum atomic E-state index is -4.68. The molecule has 1 aliphatic heterocycles. The molecule has 1 amide bonds. The molecule has 0 aliphatic carbocycles. The van der Waals surface area contributed by atoms with Gasteiger partial charge in [-0.3, -0.25) is 4.79 Å². The molecule has 6 nitrogen and oxygen atoms in total. The van der Waals surface area contributed by atoms with Gasteiger partial charge in [0, 0.05) is 18.7 Å². The molecule has 1 unspecified atom stereocenters. The van der Waals surface area contributed by atoms with E-state index in [9.17, 15) is 18.0 Å². The van der Waals surface area contributed by atoms with E-state index in [-0.39, 0.29) is 18.3 Å². The first-order valence-corrected chi connectivity index (χ1v) is 9.43. The van der Waals surface area contributed by atoms with E-state index in [1.165, 1.54) is 0 Å². The van der Waals surface area contributed by atoms with Crippen molar-refractivity contribution < 1.29 is 27.1 Å². The number of piperidine rings is 1. The molecule has 2 heterocycles. The number of likely N-dealkylation sites (tertiary alicyclic amines) is 1. The normalized spacial score (nSPS) is 17.0. The topological polar surface area (TPSA) is 68.5 Å². The summed E-state index contributed by atoms with van der Waals surface area (Å²) in [5.41, 5.74) is 0.470. The molecule has 0 spiro atoms. The summed E-state index contributed by atoms with van der Waals surface area (Å²) < 4.78 is 48.6. The van der Waals surface area contributed by atoms with Gasteiger partial charge in [0.15, 0.2) is 0 Å². The standard InChI is InChI=1S/C21H18F3N3O3/c22-21(23,24)20-26-25-18(30-20)15-5-4-12-27(13-15)19(28)14-8-10-17(11-9-14)29-16-6-2-1-3-7-16/h1-3,6-11,15H,4-5,12-13H2. The van der Waals surface area contributed by atoms with Crippen LogP contribution in [0, 0.1) is 0 Å². The van der Waals surface area contributed by atoms with Gasteiger partial charge in [0.05, 0.1) is 5.92 Å². The Morgan fingerprint density at radius 3 is 2.40 bits per heavy atom. The number of para-hydroxylation sites is 1. The summed E-state index contributed by atoms with van der Waals surface area (Å²) in [7, 11) is 0. The Hall–Kier alpha value is -3.36. The largest absolute Gasteiger partial charge is 0.470 e. The lowest BCUT2D eigenvalue weighted by atomic mass is 9.97. The van der Waals surface area contributed by atoms with Gasteiger partial charge in [-0.15, -0.1) is 10.2 Å². The van der Waals surface area contributed by atoms with Crippen LogP contribution in [0.2, 0.25) is 0 Å². The first kappa shape index (κ1) is 19.9. The van der Waals surface area contributed by atoms with Crippen LogP contribution in [0.5, 0.6) is 11.5 Å². The van der Waals surface area contributed by atoms with Crippen molar-refractivity contribution in [3.63, 3.8) is 0 Å². The minimum absolute atomic E-state index is 0.0913. The predicted molar refractivity (Wildman–Crippen MR) is 100 cm³/mol. The highest BCUT2D eigenvalue weighted by Gasteiger charge is 2.39. The summed E-state index contributed by atoms with van der Waals surface area (Å²) in [6, 6.07) is 16.0. The van der Waals surface area contributed by atoms with Gasteiger partial charge in [0.1, 0.15) is 11.5 Å². The van der Waals surface area contributed by atoms with Crippen LogP contribution in [0.4, 0.5) is 13.2 Å². The van der Waals surface area contributed by atoms with E-state index in [1.807, 2.05) is 30.3 Å². The van der Waals surface area contributed by atoms with Gasteiger partial charge in [0.2, 0.25) is 5.89 Å².